The van der Waals surface area contributed by atoms with Crippen LogP contribution >= 0.6 is 0 Å². The molecule has 2 amide bonds. The van der Waals surface area contributed by atoms with Gasteiger partial charge in [-0.3, -0.25) is 14.4 Å². The number of likely N-dealkylation sites (tertiary alicyclic amines) is 2. The average molecular weight is 342 g/mol. The zero-order valence-corrected chi connectivity index (χ0v) is 13.8. The number of nitrogens with zero attached hydrogens (tertiary/aromatic N) is 3. The van der Waals surface area contributed by atoms with Gasteiger partial charge in [0.2, 0.25) is 0 Å². The van der Waals surface area contributed by atoms with Crippen molar-refractivity contribution in [3.05, 3.63) is 52.1 Å². The third-order valence-electron chi connectivity index (χ3n) is 4.91. The molecule has 8 heteroatoms. The van der Waals surface area contributed by atoms with Crippen molar-refractivity contribution in [1.29, 1.82) is 0 Å². The molecule has 0 unspecified atom stereocenters. The Morgan fingerprint density at radius 1 is 1.16 bits per heavy atom. The van der Waals surface area contributed by atoms with Crippen molar-refractivity contribution >= 4 is 11.8 Å². The lowest BCUT2D eigenvalue weighted by molar-refractivity contribution is 0.0734. The number of aromatic nitrogens is 2. The zero-order chi connectivity index (χ0) is 17.6. The van der Waals surface area contributed by atoms with Gasteiger partial charge in [0, 0.05) is 44.1 Å². The molecule has 2 aromatic heterocycles. The van der Waals surface area contributed by atoms with Crippen LogP contribution in [0, 0.1) is 18.8 Å². The van der Waals surface area contributed by atoms with Crippen molar-refractivity contribution in [1.82, 2.24) is 19.8 Å². The van der Waals surface area contributed by atoms with Gasteiger partial charge in [-0.05, 0) is 13.0 Å². The lowest BCUT2D eigenvalue weighted by Crippen LogP contribution is -2.36. The Labute approximate surface area is 143 Å². The van der Waals surface area contributed by atoms with E-state index in [0.29, 0.717) is 37.6 Å². The Morgan fingerprint density at radius 3 is 2.36 bits per heavy atom. The highest BCUT2D eigenvalue weighted by Gasteiger charge is 2.43. The molecule has 8 nitrogen and oxygen atoms in total. The maximum Gasteiger partial charge on any atom is 0.272 e. The molecule has 0 spiro atoms. The van der Waals surface area contributed by atoms with E-state index in [-0.39, 0.29) is 34.9 Å². The van der Waals surface area contributed by atoms with Crippen LogP contribution in [0.3, 0.4) is 0 Å². The summed E-state index contributed by atoms with van der Waals surface area (Å²) in [6.07, 6.45) is 2.94. The molecule has 0 aliphatic carbocycles. The molecule has 0 radical (unpaired) electrons. The fourth-order valence-electron chi connectivity index (χ4n) is 3.74. The number of nitrogens with one attached hydrogen (secondary N) is 1. The number of amides is 2. The summed E-state index contributed by atoms with van der Waals surface area (Å²) >= 11 is 0. The maximum atomic E-state index is 12.6. The lowest BCUT2D eigenvalue weighted by Gasteiger charge is -2.21. The third-order valence-corrected chi connectivity index (χ3v) is 4.91. The number of carbonyl (C=O) groups is 2. The number of hydrogen-bond acceptors (Lipinski definition) is 5. The van der Waals surface area contributed by atoms with Gasteiger partial charge in [0.1, 0.15) is 17.8 Å². The number of rotatable bonds is 2. The van der Waals surface area contributed by atoms with Crippen molar-refractivity contribution in [2.45, 2.75) is 6.92 Å². The minimum atomic E-state index is -0.327. The monoisotopic (exact) mass is 342 g/mol. The lowest BCUT2D eigenvalue weighted by atomic mass is 10.0. The van der Waals surface area contributed by atoms with E-state index in [1.165, 1.54) is 18.6 Å². The van der Waals surface area contributed by atoms with E-state index >= 15 is 0 Å². The molecular weight excluding hydrogens is 324 g/mol. The predicted molar refractivity (Wildman–Crippen MR) is 87.1 cm³/mol. The summed E-state index contributed by atoms with van der Waals surface area (Å²) in [4.78, 5) is 46.7. The van der Waals surface area contributed by atoms with Gasteiger partial charge in [-0.15, -0.1) is 0 Å². The number of aryl methyl sites for hydroxylation is 1. The average Bonchev–Trinajstić information content (AvgIpc) is 3.28. The molecule has 2 aromatic rings. The van der Waals surface area contributed by atoms with Crippen LogP contribution in [0.1, 0.15) is 26.7 Å². The number of H-pyrrole nitrogens is 1. The van der Waals surface area contributed by atoms with Crippen molar-refractivity contribution < 1.29 is 14.0 Å². The summed E-state index contributed by atoms with van der Waals surface area (Å²) in [6.45, 7) is 4.05. The summed E-state index contributed by atoms with van der Waals surface area (Å²) in [6, 6.07) is 2.89. The summed E-state index contributed by atoms with van der Waals surface area (Å²) < 4.78 is 4.97. The largest absolute Gasteiger partial charge is 0.472 e. The molecule has 2 fully saturated rings. The molecule has 2 aliphatic rings. The minimum absolute atomic E-state index is 0.0343. The van der Waals surface area contributed by atoms with E-state index in [0.717, 1.165) is 0 Å². The van der Waals surface area contributed by atoms with Gasteiger partial charge in [0.25, 0.3) is 17.4 Å². The van der Waals surface area contributed by atoms with E-state index < -0.39 is 0 Å². The highest BCUT2D eigenvalue weighted by atomic mass is 16.3. The Morgan fingerprint density at radius 2 is 1.80 bits per heavy atom. The van der Waals surface area contributed by atoms with E-state index in [4.69, 9.17) is 4.42 Å². The number of carbonyl (C=O) groups excluding carboxylic acids is 2. The molecule has 1 N–H and O–H groups in total. The Bertz CT molecular complexity index is 859. The van der Waals surface area contributed by atoms with Gasteiger partial charge in [-0.2, -0.15) is 0 Å². The fraction of sp³-hybridized carbons (Fsp3) is 0.412. The number of hydrogen-bond donors (Lipinski definition) is 1. The molecule has 0 saturated carbocycles. The minimum Gasteiger partial charge on any atom is -0.472 e. The van der Waals surface area contributed by atoms with Crippen LogP contribution < -0.4 is 5.56 Å². The summed E-state index contributed by atoms with van der Waals surface area (Å²) in [5.74, 6) is 0.669. The number of aromatic amines is 1. The molecule has 0 bridgehead atoms. The Balaban J connectivity index is 1.43. The smallest absolute Gasteiger partial charge is 0.272 e. The first kappa shape index (κ1) is 15.6. The van der Waals surface area contributed by atoms with E-state index in [9.17, 15) is 14.4 Å². The molecule has 2 saturated heterocycles. The van der Waals surface area contributed by atoms with Crippen LogP contribution in [0.2, 0.25) is 0 Å². The van der Waals surface area contributed by atoms with Gasteiger partial charge in [0.05, 0.1) is 11.8 Å². The van der Waals surface area contributed by atoms with Crippen molar-refractivity contribution in [2.24, 2.45) is 11.8 Å². The van der Waals surface area contributed by atoms with Crippen LogP contribution in [-0.2, 0) is 0 Å². The van der Waals surface area contributed by atoms with Crippen molar-refractivity contribution in [2.75, 3.05) is 26.2 Å². The summed E-state index contributed by atoms with van der Waals surface area (Å²) in [5, 5.41) is 0. The van der Waals surface area contributed by atoms with Gasteiger partial charge in [0.15, 0.2) is 0 Å². The SMILES string of the molecule is Cc1nc(C(=O)N2C[C@H]3CN(C(=O)c4ccoc4)C[C@H]3C2)cc(=O)[nH]1. The van der Waals surface area contributed by atoms with Gasteiger partial charge in [-0.1, -0.05) is 0 Å². The van der Waals surface area contributed by atoms with Gasteiger partial charge >= 0.3 is 0 Å². The quantitative estimate of drug-likeness (QED) is 0.857. The van der Waals surface area contributed by atoms with Crippen LogP contribution in [0.4, 0.5) is 0 Å². The van der Waals surface area contributed by atoms with Crippen molar-refractivity contribution in [3.63, 3.8) is 0 Å². The molecule has 2 atom stereocenters. The van der Waals surface area contributed by atoms with Crippen molar-refractivity contribution in [3.8, 4) is 0 Å². The highest BCUT2D eigenvalue weighted by Crippen LogP contribution is 2.32. The van der Waals surface area contributed by atoms with E-state index in [1.54, 1.807) is 17.9 Å². The second-order valence-electron chi connectivity index (χ2n) is 6.67. The first-order valence-electron chi connectivity index (χ1n) is 8.20. The normalized spacial score (nSPS) is 22.3. The van der Waals surface area contributed by atoms with Crippen LogP contribution in [-0.4, -0.2) is 57.8 Å². The standard InChI is InChI=1S/C17H18N4O4/c1-10-18-14(4-15(22)19-10)17(24)21-7-12-5-20(6-13(12)8-21)16(23)11-2-3-25-9-11/h2-4,9,12-13H,5-8H2,1H3,(H,18,19,22)/t12-,13+. The Hall–Kier alpha value is -2.90. The highest BCUT2D eigenvalue weighted by molar-refractivity contribution is 5.94. The van der Waals surface area contributed by atoms with E-state index in [1.807, 2.05) is 4.90 Å². The molecule has 4 rings (SSSR count). The third kappa shape index (κ3) is 2.84. The molecular formula is C17H18N4O4. The first-order valence-corrected chi connectivity index (χ1v) is 8.20. The summed E-state index contributed by atoms with van der Waals surface area (Å²) in [7, 11) is 0. The topological polar surface area (TPSA) is 99.5 Å². The Kier molecular flexibility index (Phi) is 3.67. The number of furan rings is 1. The second kappa shape index (κ2) is 5.87. The predicted octanol–water partition coefficient (Wildman–Crippen LogP) is 0.516. The molecule has 0 aromatic carbocycles. The second-order valence-corrected chi connectivity index (χ2v) is 6.67. The first-order chi connectivity index (χ1) is 12.0. The van der Waals surface area contributed by atoms with Crippen LogP contribution in [0.15, 0.2) is 33.9 Å². The number of fused-ring (bicyclic) bond motifs is 1. The van der Waals surface area contributed by atoms with Crippen LogP contribution in [0.5, 0.6) is 0 Å². The zero-order valence-electron chi connectivity index (χ0n) is 13.8. The molecule has 25 heavy (non-hydrogen) atoms. The van der Waals surface area contributed by atoms with E-state index in [2.05, 4.69) is 9.97 Å². The van der Waals surface area contributed by atoms with Gasteiger partial charge in [-0.25, -0.2) is 4.98 Å². The maximum absolute atomic E-state index is 12.6. The van der Waals surface area contributed by atoms with Crippen LogP contribution in [0.25, 0.3) is 0 Å². The molecule has 130 valence electrons. The van der Waals surface area contributed by atoms with Gasteiger partial charge < -0.3 is 19.2 Å². The summed E-state index contributed by atoms with van der Waals surface area (Å²) in [5.41, 5.74) is 0.399. The fourth-order valence-corrected chi connectivity index (χ4v) is 3.74. The molecule has 4 heterocycles. The molecule has 2 aliphatic heterocycles.